The van der Waals surface area contributed by atoms with E-state index in [9.17, 15) is 19.5 Å². The van der Waals surface area contributed by atoms with Gasteiger partial charge in [0.1, 0.15) is 4.83 Å². The van der Waals surface area contributed by atoms with Crippen LogP contribution in [-0.4, -0.2) is 43.6 Å². The van der Waals surface area contributed by atoms with E-state index >= 15 is 0 Å². The first-order chi connectivity index (χ1) is 14.9. The van der Waals surface area contributed by atoms with Gasteiger partial charge in [-0.05, 0) is 65.9 Å². The molecule has 32 heavy (non-hydrogen) atoms. The average Bonchev–Trinajstić information content (AvgIpc) is 3.09. The molecule has 0 aromatic carbocycles. The third-order valence-corrected chi connectivity index (χ3v) is 7.81. The smallest absolute Gasteiger partial charge is 0.422 e. The number of ether oxygens (including phenoxy) is 1. The summed E-state index contributed by atoms with van der Waals surface area (Å²) in [4.78, 5) is 40.1. The highest BCUT2D eigenvalue weighted by atomic mass is 32.1. The van der Waals surface area contributed by atoms with Crippen LogP contribution >= 0.6 is 11.3 Å². The van der Waals surface area contributed by atoms with Crippen LogP contribution in [0.2, 0.25) is 0 Å². The molecule has 4 rings (SSSR count). The monoisotopic (exact) mass is 464 g/mol. The van der Waals surface area contributed by atoms with Gasteiger partial charge >= 0.3 is 11.8 Å². The van der Waals surface area contributed by atoms with Crippen LogP contribution in [-0.2, 0) is 23.4 Å². The first-order valence-electron chi connectivity index (χ1n) is 11.1. The van der Waals surface area contributed by atoms with E-state index in [-0.39, 0.29) is 23.9 Å². The van der Waals surface area contributed by atoms with E-state index in [0.29, 0.717) is 23.4 Å². The lowest BCUT2D eigenvalue weighted by Gasteiger charge is -2.33. The van der Waals surface area contributed by atoms with Crippen LogP contribution in [0.25, 0.3) is 10.2 Å². The summed E-state index contributed by atoms with van der Waals surface area (Å²) in [6.07, 6.45) is 2.37. The van der Waals surface area contributed by atoms with Gasteiger partial charge in [-0.3, -0.25) is 13.9 Å². The maximum Gasteiger partial charge on any atom is 0.422 e. The minimum atomic E-state index is -1.07. The molecule has 2 N–H and O–H groups in total. The average molecular weight is 465 g/mol. The van der Waals surface area contributed by atoms with Gasteiger partial charge < -0.3 is 9.84 Å². The number of aromatic nitrogens is 2. The van der Waals surface area contributed by atoms with Gasteiger partial charge in [-0.1, -0.05) is 0 Å². The fraction of sp³-hybridized carbons (Fsp3) is 0.682. The van der Waals surface area contributed by atoms with Gasteiger partial charge in [0, 0.05) is 11.5 Å². The molecule has 3 heterocycles. The molecule has 2 aliphatic rings. The van der Waals surface area contributed by atoms with E-state index in [2.05, 4.69) is 5.43 Å². The summed E-state index contributed by atoms with van der Waals surface area (Å²) in [6.45, 7) is 10.6. The molecule has 0 spiro atoms. The standard InChI is InChI=1S/C22H32N4O5S/c1-13-15(11-23-26(20(29)30)21(2,3)4)32-18-16(13)17(27)25(22(5)8-9-22)19(28)24(18)12-14-7-6-10-31-14/h14,23H,6-12H2,1-5H3,(H,29,30)/t14-/m0/s1. The summed E-state index contributed by atoms with van der Waals surface area (Å²) in [5.41, 5.74) is 2.19. The third-order valence-electron chi connectivity index (χ3n) is 6.49. The van der Waals surface area contributed by atoms with Gasteiger partial charge in [0.05, 0.1) is 35.7 Å². The molecule has 9 nitrogen and oxygen atoms in total. The summed E-state index contributed by atoms with van der Waals surface area (Å²) in [7, 11) is 0. The number of aryl methyl sites for hydroxylation is 1. The Morgan fingerprint density at radius 3 is 2.56 bits per heavy atom. The van der Waals surface area contributed by atoms with Crippen molar-refractivity contribution in [2.75, 3.05) is 6.61 Å². The largest absolute Gasteiger partial charge is 0.464 e. The van der Waals surface area contributed by atoms with E-state index in [0.717, 1.165) is 36.1 Å². The summed E-state index contributed by atoms with van der Waals surface area (Å²) in [5, 5.41) is 11.3. The zero-order valence-electron chi connectivity index (χ0n) is 19.4. The van der Waals surface area contributed by atoms with Crippen molar-refractivity contribution in [3.05, 3.63) is 31.3 Å². The normalized spacial score (nSPS) is 20.1. The van der Waals surface area contributed by atoms with Crippen LogP contribution in [0.1, 0.15) is 63.8 Å². The Bertz CT molecular complexity index is 1160. The first-order valence-corrected chi connectivity index (χ1v) is 11.9. The van der Waals surface area contributed by atoms with Crippen LogP contribution in [0.5, 0.6) is 0 Å². The molecule has 1 aliphatic heterocycles. The number of nitrogens with one attached hydrogen (secondary N) is 1. The fourth-order valence-corrected chi connectivity index (χ4v) is 5.57. The Kier molecular flexibility index (Phi) is 5.75. The number of carboxylic acid groups (broad SMARTS) is 1. The molecular formula is C22H32N4O5S. The highest BCUT2D eigenvalue weighted by Gasteiger charge is 2.43. The van der Waals surface area contributed by atoms with Gasteiger partial charge in [0.25, 0.3) is 5.56 Å². The van der Waals surface area contributed by atoms with Crippen molar-refractivity contribution < 1.29 is 14.6 Å². The van der Waals surface area contributed by atoms with Crippen molar-refractivity contribution in [2.45, 2.75) is 90.6 Å². The highest BCUT2D eigenvalue weighted by molar-refractivity contribution is 7.18. The molecule has 1 saturated heterocycles. The van der Waals surface area contributed by atoms with E-state index in [1.807, 2.05) is 13.8 Å². The fourth-order valence-electron chi connectivity index (χ4n) is 4.34. The molecule has 176 valence electrons. The lowest BCUT2D eigenvalue weighted by molar-refractivity contribution is 0.0626. The Hall–Kier alpha value is -2.17. The van der Waals surface area contributed by atoms with Crippen molar-refractivity contribution in [1.82, 2.24) is 19.6 Å². The number of rotatable bonds is 6. The molecule has 1 aliphatic carbocycles. The number of nitrogens with zero attached hydrogens (tertiary/aromatic N) is 3. The molecule has 0 bridgehead atoms. The Morgan fingerprint density at radius 2 is 2.03 bits per heavy atom. The summed E-state index contributed by atoms with van der Waals surface area (Å²) < 4.78 is 8.92. The molecule has 10 heteroatoms. The topological polar surface area (TPSA) is 106 Å². The number of carbonyl (C=O) groups is 1. The van der Waals surface area contributed by atoms with Crippen LogP contribution in [0, 0.1) is 6.92 Å². The molecule has 2 aromatic heterocycles. The van der Waals surface area contributed by atoms with Crippen molar-refractivity contribution in [1.29, 1.82) is 0 Å². The summed E-state index contributed by atoms with van der Waals surface area (Å²) in [5.74, 6) is 0. The quantitative estimate of drug-likeness (QED) is 0.637. The Morgan fingerprint density at radius 1 is 1.34 bits per heavy atom. The molecule has 1 saturated carbocycles. The molecule has 2 aromatic rings. The second kappa shape index (κ2) is 8.00. The second-order valence-electron chi connectivity index (χ2n) is 10.1. The van der Waals surface area contributed by atoms with E-state index < -0.39 is 17.2 Å². The second-order valence-corrected chi connectivity index (χ2v) is 11.2. The molecule has 1 atom stereocenters. The van der Waals surface area contributed by atoms with Gasteiger partial charge in [-0.15, -0.1) is 11.3 Å². The van der Waals surface area contributed by atoms with E-state index in [1.54, 1.807) is 25.3 Å². The van der Waals surface area contributed by atoms with Gasteiger partial charge in [-0.25, -0.2) is 20.0 Å². The van der Waals surface area contributed by atoms with E-state index in [4.69, 9.17) is 4.74 Å². The number of hydrogen-bond acceptors (Lipinski definition) is 6. The molecule has 1 amide bonds. The maximum atomic E-state index is 13.5. The maximum absolute atomic E-state index is 13.5. The minimum Gasteiger partial charge on any atom is -0.464 e. The van der Waals surface area contributed by atoms with Gasteiger partial charge in [-0.2, -0.15) is 0 Å². The third kappa shape index (κ3) is 3.99. The molecule has 0 radical (unpaired) electrons. The highest BCUT2D eigenvalue weighted by Crippen LogP contribution is 2.41. The van der Waals surface area contributed by atoms with Crippen molar-refractivity contribution in [2.24, 2.45) is 0 Å². The van der Waals surface area contributed by atoms with Crippen LogP contribution in [0.4, 0.5) is 4.79 Å². The number of amides is 1. The van der Waals surface area contributed by atoms with Gasteiger partial charge in [0.2, 0.25) is 0 Å². The minimum absolute atomic E-state index is 0.0405. The summed E-state index contributed by atoms with van der Waals surface area (Å²) >= 11 is 1.38. The van der Waals surface area contributed by atoms with E-state index in [1.165, 1.54) is 20.9 Å². The predicted octanol–water partition coefficient (Wildman–Crippen LogP) is 3.00. The predicted molar refractivity (Wildman–Crippen MR) is 123 cm³/mol. The van der Waals surface area contributed by atoms with Gasteiger partial charge in [0.15, 0.2) is 0 Å². The van der Waals surface area contributed by atoms with Crippen molar-refractivity contribution >= 4 is 27.6 Å². The number of hydrazine groups is 1. The molecule has 2 fully saturated rings. The molecule has 0 unspecified atom stereocenters. The molecular weight excluding hydrogens is 432 g/mol. The van der Waals surface area contributed by atoms with Crippen molar-refractivity contribution in [3.63, 3.8) is 0 Å². The SMILES string of the molecule is Cc1c(CNN(C(=O)O)C(C)(C)C)sc2c1c(=O)n(C1(C)CC1)c(=O)n2C[C@@H]1CCCO1. The lowest BCUT2D eigenvalue weighted by atomic mass is 10.1. The van der Waals surface area contributed by atoms with Crippen LogP contribution in [0.15, 0.2) is 9.59 Å². The zero-order chi connectivity index (χ0) is 23.4. The van der Waals surface area contributed by atoms with Crippen LogP contribution < -0.4 is 16.7 Å². The zero-order valence-corrected chi connectivity index (χ0v) is 20.2. The first kappa shape index (κ1) is 23.0. The van der Waals surface area contributed by atoms with Crippen LogP contribution in [0.3, 0.4) is 0 Å². The lowest BCUT2D eigenvalue weighted by Crippen LogP contribution is -2.52. The van der Waals surface area contributed by atoms with Crippen molar-refractivity contribution in [3.8, 4) is 0 Å². The number of hydrogen-bond donors (Lipinski definition) is 2. The Balaban J connectivity index is 1.81. The number of thiophene rings is 1. The number of fused-ring (bicyclic) bond motifs is 1. The Labute approximate surface area is 190 Å². The summed E-state index contributed by atoms with van der Waals surface area (Å²) in [6, 6.07) is 0.